The lowest BCUT2D eigenvalue weighted by atomic mass is 10.1. The van der Waals surface area contributed by atoms with E-state index < -0.39 is 0 Å². The van der Waals surface area contributed by atoms with Gasteiger partial charge in [-0.15, -0.1) is 0 Å². The molecule has 0 atom stereocenters. The van der Waals surface area contributed by atoms with E-state index in [0.29, 0.717) is 23.1 Å². The molecule has 7 heteroatoms. The molecule has 0 aliphatic rings. The highest BCUT2D eigenvalue weighted by atomic mass is 35.5. The Morgan fingerprint density at radius 2 is 1.66 bits per heavy atom. The van der Waals surface area contributed by atoms with E-state index in [1.807, 2.05) is 90.5 Å². The zero-order chi connectivity index (χ0) is 24.2. The van der Waals surface area contributed by atoms with Crippen LogP contribution in [0.4, 0.5) is 0 Å². The molecule has 2 heterocycles. The number of hydrogen-bond donors (Lipinski definition) is 1. The molecule has 0 aliphatic heterocycles. The summed E-state index contributed by atoms with van der Waals surface area (Å²) in [6.07, 6.45) is 0. The summed E-state index contributed by atoms with van der Waals surface area (Å²) in [6, 6.07) is 29.1. The van der Waals surface area contributed by atoms with E-state index in [-0.39, 0.29) is 12.5 Å². The van der Waals surface area contributed by atoms with E-state index in [4.69, 9.17) is 26.4 Å². The summed E-state index contributed by atoms with van der Waals surface area (Å²) >= 11 is 5.91. The van der Waals surface area contributed by atoms with Gasteiger partial charge in [0.05, 0.1) is 11.1 Å². The smallest absolute Gasteiger partial charge is 0.258 e. The molecule has 0 aliphatic carbocycles. The highest BCUT2D eigenvalue weighted by Gasteiger charge is 2.18. The summed E-state index contributed by atoms with van der Waals surface area (Å²) in [4.78, 5) is 17.1. The molecule has 0 unspecified atom stereocenters. The predicted molar refractivity (Wildman–Crippen MR) is 138 cm³/mol. The van der Waals surface area contributed by atoms with Gasteiger partial charge in [-0.3, -0.25) is 4.79 Å². The fourth-order valence-electron chi connectivity index (χ4n) is 3.88. The zero-order valence-electron chi connectivity index (χ0n) is 19.1. The van der Waals surface area contributed by atoms with Crippen LogP contribution in [-0.2, 0) is 11.3 Å². The number of hydrogen-bond acceptors (Lipinski definition) is 4. The minimum absolute atomic E-state index is 0.142. The number of carbonyl (C=O) groups excluding carboxylic acids is 1. The van der Waals surface area contributed by atoms with Crippen LogP contribution >= 0.6 is 11.6 Å². The van der Waals surface area contributed by atoms with Crippen LogP contribution in [0.25, 0.3) is 28.0 Å². The van der Waals surface area contributed by atoms with Gasteiger partial charge in [-0.25, -0.2) is 4.68 Å². The quantitative estimate of drug-likeness (QED) is 0.321. The Labute approximate surface area is 208 Å². The molecule has 0 saturated carbocycles. The Bertz CT molecular complexity index is 1470. The van der Waals surface area contributed by atoms with Crippen molar-refractivity contribution in [3.05, 3.63) is 107 Å². The standard InChI is InChI=1S/C28H23ClN4O2/c1-19-16-25(35-18-24(34)30-17-20-12-14-22(29)15-13-20)31-28-26(19)27(21-8-4-2-5-9-21)32-33(28)23-10-6-3-7-11-23/h2-16H,17-18H2,1H3,(H,30,34). The molecule has 0 bridgehead atoms. The van der Waals surface area contributed by atoms with Gasteiger partial charge < -0.3 is 10.1 Å². The lowest BCUT2D eigenvalue weighted by molar-refractivity contribution is -0.123. The van der Waals surface area contributed by atoms with Crippen molar-refractivity contribution in [2.75, 3.05) is 6.61 Å². The van der Waals surface area contributed by atoms with E-state index in [0.717, 1.165) is 33.5 Å². The van der Waals surface area contributed by atoms with Crippen molar-refractivity contribution in [3.8, 4) is 22.8 Å². The zero-order valence-corrected chi connectivity index (χ0v) is 19.9. The number of ether oxygens (including phenoxy) is 1. The van der Waals surface area contributed by atoms with Crippen LogP contribution in [0.1, 0.15) is 11.1 Å². The fraction of sp³-hybridized carbons (Fsp3) is 0.107. The maximum atomic E-state index is 12.4. The van der Waals surface area contributed by atoms with Crippen molar-refractivity contribution in [3.63, 3.8) is 0 Å². The van der Waals surface area contributed by atoms with Gasteiger partial charge in [0.25, 0.3) is 5.91 Å². The Morgan fingerprint density at radius 3 is 2.37 bits per heavy atom. The van der Waals surface area contributed by atoms with Gasteiger partial charge in [-0.05, 0) is 42.3 Å². The number of para-hydroxylation sites is 1. The molecular weight excluding hydrogens is 460 g/mol. The molecule has 0 spiro atoms. The summed E-state index contributed by atoms with van der Waals surface area (Å²) in [6.45, 7) is 2.25. The highest BCUT2D eigenvalue weighted by molar-refractivity contribution is 6.30. The highest BCUT2D eigenvalue weighted by Crippen LogP contribution is 2.33. The van der Waals surface area contributed by atoms with Gasteiger partial charge in [-0.1, -0.05) is 72.3 Å². The number of carbonyl (C=O) groups is 1. The minimum Gasteiger partial charge on any atom is -0.468 e. The van der Waals surface area contributed by atoms with Crippen LogP contribution in [0.2, 0.25) is 5.02 Å². The van der Waals surface area contributed by atoms with Crippen LogP contribution < -0.4 is 10.1 Å². The van der Waals surface area contributed by atoms with Gasteiger partial charge in [0.2, 0.25) is 5.88 Å². The van der Waals surface area contributed by atoms with E-state index in [1.165, 1.54) is 0 Å². The van der Waals surface area contributed by atoms with Gasteiger partial charge in [0.15, 0.2) is 12.3 Å². The summed E-state index contributed by atoms with van der Waals surface area (Å²) in [5, 5.41) is 9.36. The normalized spacial score (nSPS) is 10.9. The molecule has 1 N–H and O–H groups in total. The topological polar surface area (TPSA) is 69.0 Å². The van der Waals surface area contributed by atoms with Crippen molar-refractivity contribution in [1.29, 1.82) is 0 Å². The van der Waals surface area contributed by atoms with Crippen LogP contribution in [0.5, 0.6) is 5.88 Å². The molecular formula is C28H23ClN4O2. The van der Waals surface area contributed by atoms with Crippen LogP contribution in [0.3, 0.4) is 0 Å². The minimum atomic E-state index is -0.235. The van der Waals surface area contributed by atoms with Crippen molar-refractivity contribution in [2.45, 2.75) is 13.5 Å². The molecule has 5 aromatic rings. The number of aromatic nitrogens is 3. The molecule has 3 aromatic carbocycles. The second kappa shape index (κ2) is 9.99. The Kier molecular flexibility index (Phi) is 6.46. The second-order valence-electron chi connectivity index (χ2n) is 8.13. The maximum Gasteiger partial charge on any atom is 0.258 e. The molecule has 6 nitrogen and oxygen atoms in total. The molecule has 1 amide bonds. The first-order valence-corrected chi connectivity index (χ1v) is 11.6. The van der Waals surface area contributed by atoms with Crippen molar-refractivity contribution in [1.82, 2.24) is 20.1 Å². The Morgan fingerprint density at radius 1 is 0.971 bits per heavy atom. The number of nitrogens with one attached hydrogen (secondary N) is 1. The number of nitrogens with zero attached hydrogens (tertiary/aromatic N) is 3. The number of benzene rings is 3. The molecule has 0 radical (unpaired) electrons. The largest absolute Gasteiger partial charge is 0.468 e. The molecule has 5 rings (SSSR count). The van der Waals surface area contributed by atoms with Gasteiger partial charge in [-0.2, -0.15) is 10.1 Å². The summed E-state index contributed by atoms with van der Waals surface area (Å²) in [7, 11) is 0. The molecule has 0 fully saturated rings. The number of pyridine rings is 1. The maximum absolute atomic E-state index is 12.4. The Balaban J connectivity index is 1.42. The van der Waals surface area contributed by atoms with E-state index in [2.05, 4.69) is 5.32 Å². The first-order chi connectivity index (χ1) is 17.1. The first-order valence-electron chi connectivity index (χ1n) is 11.2. The second-order valence-corrected chi connectivity index (χ2v) is 8.57. The van der Waals surface area contributed by atoms with Gasteiger partial charge in [0.1, 0.15) is 5.69 Å². The molecule has 35 heavy (non-hydrogen) atoms. The number of amides is 1. The third-order valence-corrected chi connectivity index (χ3v) is 5.87. The average Bonchev–Trinajstić information content (AvgIpc) is 3.28. The van der Waals surface area contributed by atoms with Gasteiger partial charge >= 0.3 is 0 Å². The third kappa shape index (κ3) is 5.03. The lowest BCUT2D eigenvalue weighted by Crippen LogP contribution is -2.28. The Hall–Kier alpha value is -4.16. The van der Waals surface area contributed by atoms with E-state index >= 15 is 0 Å². The van der Waals surface area contributed by atoms with E-state index in [9.17, 15) is 4.79 Å². The monoisotopic (exact) mass is 482 g/mol. The van der Waals surface area contributed by atoms with Crippen molar-refractivity contribution in [2.24, 2.45) is 0 Å². The van der Waals surface area contributed by atoms with Crippen molar-refractivity contribution < 1.29 is 9.53 Å². The SMILES string of the molecule is Cc1cc(OCC(=O)NCc2ccc(Cl)cc2)nc2c1c(-c1ccccc1)nn2-c1ccccc1. The number of aryl methyl sites for hydroxylation is 1. The van der Waals surface area contributed by atoms with Crippen LogP contribution in [0, 0.1) is 6.92 Å². The van der Waals surface area contributed by atoms with Crippen LogP contribution in [0.15, 0.2) is 91.0 Å². The van der Waals surface area contributed by atoms with Crippen molar-refractivity contribution >= 4 is 28.5 Å². The van der Waals surface area contributed by atoms with E-state index in [1.54, 1.807) is 12.1 Å². The first kappa shape index (κ1) is 22.6. The summed E-state index contributed by atoms with van der Waals surface area (Å²) in [5.74, 6) is 0.134. The van der Waals surface area contributed by atoms with Crippen LogP contribution in [-0.4, -0.2) is 27.3 Å². The molecule has 0 saturated heterocycles. The summed E-state index contributed by atoms with van der Waals surface area (Å²) in [5.41, 5.74) is 5.34. The van der Waals surface area contributed by atoms with Gasteiger partial charge in [0, 0.05) is 23.2 Å². The fourth-order valence-corrected chi connectivity index (χ4v) is 4.01. The number of halogens is 1. The summed E-state index contributed by atoms with van der Waals surface area (Å²) < 4.78 is 7.60. The third-order valence-electron chi connectivity index (χ3n) is 5.61. The predicted octanol–water partition coefficient (Wildman–Crippen LogP) is 5.74. The number of fused-ring (bicyclic) bond motifs is 1. The molecule has 2 aromatic heterocycles. The average molecular weight is 483 g/mol. The number of rotatable bonds is 7. The molecule has 174 valence electrons. The lowest BCUT2D eigenvalue weighted by Gasteiger charge is -2.09.